The van der Waals surface area contributed by atoms with E-state index in [9.17, 15) is 9.59 Å². The number of benzene rings is 2. The summed E-state index contributed by atoms with van der Waals surface area (Å²) >= 11 is 0. The molecule has 2 saturated heterocycles. The molecule has 0 spiro atoms. The molecule has 0 saturated carbocycles. The Morgan fingerprint density at radius 3 is 2.39 bits per heavy atom. The minimum absolute atomic E-state index is 0.0508. The normalized spacial score (nSPS) is 19.8. The number of carbonyl (C=O) groups is 2. The van der Waals surface area contributed by atoms with E-state index < -0.39 is 0 Å². The van der Waals surface area contributed by atoms with Crippen molar-refractivity contribution in [3.63, 3.8) is 0 Å². The molecule has 0 bridgehead atoms. The van der Waals surface area contributed by atoms with Crippen molar-refractivity contribution in [2.75, 3.05) is 25.1 Å². The first-order valence-electron chi connectivity index (χ1n) is 10.0. The Kier molecular flexibility index (Phi) is 5.33. The van der Waals surface area contributed by atoms with Gasteiger partial charge < -0.3 is 14.5 Å². The Labute approximate surface area is 165 Å². The first kappa shape index (κ1) is 18.5. The van der Waals surface area contributed by atoms with Gasteiger partial charge in [0.25, 0.3) is 5.91 Å². The molecule has 0 aromatic heterocycles. The summed E-state index contributed by atoms with van der Waals surface area (Å²) in [6.45, 7) is 1.53. The number of nitrogens with zero attached hydrogens (tertiary/aromatic N) is 2. The summed E-state index contributed by atoms with van der Waals surface area (Å²) in [6.07, 6.45) is 4.58. The third-order valence-electron chi connectivity index (χ3n) is 5.76. The minimum Gasteiger partial charge on any atom is -0.497 e. The van der Waals surface area contributed by atoms with E-state index in [-0.39, 0.29) is 17.9 Å². The predicted octanol–water partition coefficient (Wildman–Crippen LogP) is 4.19. The third-order valence-corrected chi connectivity index (χ3v) is 5.76. The van der Waals surface area contributed by atoms with E-state index >= 15 is 0 Å². The second kappa shape index (κ2) is 8.05. The SMILES string of the molecule is COc1ccc(C2CCCN2C(=O)c2ccc(N3CCCCC3=O)cc2)cc1. The van der Waals surface area contributed by atoms with Crippen LogP contribution in [0.4, 0.5) is 5.69 Å². The van der Waals surface area contributed by atoms with Gasteiger partial charge in [-0.2, -0.15) is 0 Å². The summed E-state index contributed by atoms with van der Waals surface area (Å²) < 4.78 is 5.24. The molecule has 2 aliphatic rings. The lowest BCUT2D eigenvalue weighted by molar-refractivity contribution is -0.119. The van der Waals surface area contributed by atoms with Crippen LogP contribution in [0.3, 0.4) is 0 Å². The van der Waals surface area contributed by atoms with Crippen molar-refractivity contribution in [2.45, 2.75) is 38.1 Å². The van der Waals surface area contributed by atoms with Gasteiger partial charge in [0.2, 0.25) is 5.91 Å². The maximum atomic E-state index is 13.1. The molecular formula is C23H26N2O3. The largest absolute Gasteiger partial charge is 0.497 e. The van der Waals surface area contributed by atoms with Crippen LogP contribution in [-0.4, -0.2) is 36.9 Å². The van der Waals surface area contributed by atoms with Gasteiger partial charge in [-0.05, 0) is 67.6 Å². The number of carbonyl (C=O) groups excluding carboxylic acids is 2. The molecule has 5 nitrogen and oxygen atoms in total. The molecule has 2 aliphatic heterocycles. The van der Waals surface area contributed by atoms with E-state index in [0.29, 0.717) is 12.0 Å². The monoisotopic (exact) mass is 378 g/mol. The molecular weight excluding hydrogens is 352 g/mol. The molecule has 2 fully saturated rings. The zero-order valence-electron chi connectivity index (χ0n) is 16.3. The number of methoxy groups -OCH3 is 1. The highest BCUT2D eigenvalue weighted by Crippen LogP contribution is 2.34. The number of amides is 2. The maximum Gasteiger partial charge on any atom is 0.254 e. The van der Waals surface area contributed by atoms with Crippen molar-refractivity contribution < 1.29 is 14.3 Å². The van der Waals surface area contributed by atoms with Gasteiger partial charge >= 0.3 is 0 Å². The van der Waals surface area contributed by atoms with Gasteiger partial charge in [-0.25, -0.2) is 0 Å². The van der Waals surface area contributed by atoms with Gasteiger partial charge in [-0.1, -0.05) is 12.1 Å². The van der Waals surface area contributed by atoms with Crippen molar-refractivity contribution in [1.82, 2.24) is 4.90 Å². The van der Waals surface area contributed by atoms with Crippen molar-refractivity contribution in [1.29, 1.82) is 0 Å². The Hall–Kier alpha value is -2.82. The number of ether oxygens (including phenoxy) is 1. The molecule has 0 radical (unpaired) electrons. The van der Waals surface area contributed by atoms with Crippen molar-refractivity contribution >= 4 is 17.5 Å². The van der Waals surface area contributed by atoms with Crippen molar-refractivity contribution in [2.24, 2.45) is 0 Å². The zero-order chi connectivity index (χ0) is 19.5. The van der Waals surface area contributed by atoms with Crippen LogP contribution < -0.4 is 9.64 Å². The first-order valence-corrected chi connectivity index (χ1v) is 10.0. The number of hydrogen-bond acceptors (Lipinski definition) is 3. The molecule has 2 aromatic carbocycles. The summed E-state index contributed by atoms with van der Waals surface area (Å²) in [7, 11) is 1.65. The molecule has 1 unspecified atom stereocenters. The van der Waals surface area contributed by atoms with Gasteiger partial charge in [-0.15, -0.1) is 0 Å². The number of hydrogen-bond donors (Lipinski definition) is 0. The molecule has 146 valence electrons. The number of rotatable bonds is 4. The fourth-order valence-corrected chi connectivity index (χ4v) is 4.21. The molecule has 0 aliphatic carbocycles. The molecule has 0 N–H and O–H groups in total. The van der Waals surface area contributed by atoms with Crippen molar-refractivity contribution in [3.8, 4) is 5.75 Å². The lowest BCUT2D eigenvalue weighted by atomic mass is 10.0. The second-order valence-corrected chi connectivity index (χ2v) is 7.48. The average Bonchev–Trinajstić information content (AvgIpc) is 3.24. The van der Waals surface area contributed by atoms with Gasteiger partial charge in [0.1, 0.15) is 5.75 Å². The van der Waals surface area contributed by atoms with Crippen LogP contribution in [0.5, 0.6) is 5.75 Å². The third kappa shape index (κ3) is 3.61. The average molecular weight is 378 g/mol. The molecule has 2 heterocycles. The fraction of sp³-hybridized carbons (Fsp3) is 0.391. The number of likely N-dealkylation sites (tertiary alicyclic amines) is 1. The smallest absolute Gasteiger partial charge is 0.254 e. The van der Waals surface area contributed by atoms with Crippen LogP contribution in [0.15, 0.2) is 48.5 Å². The standard InChI is InChI=1S/C23H26N2O3/c1-28-20-13-9-17(10-14-20)21-5-4-16-25(21)23(27)18-7-11-19(12-8-18)24-15-3-2-6-22(24)26/h7-14,21H,2-6,15-16H2,1H3. The lowest BCUT2D eigenvalue weighted by Crippen LogP contribution is -2.35. The highest BCUT2D eigenvalue weighted by Gasteiger charge is 2.30. The summed E-state index contributed by atoms with van der Waals surface area (Å²) in [6, 6.07) is 15.6. The molecule has 4 rings (SSSR count). The Morgan fingerprint density at radius 1 is 0.964 bits per heavy atom. The van der Waals surface area contributed by atoms with Crippen LogP contribution >= 0.6 is 0 Å². The van der Waals surface area contributed by atoms with Crippen LogP contribution in [-0.2, 0) is 4.79 Å². The zero-order valence-corrected chi connectivity index (χ0v) is 16.3. The van der Waals surface area contributed by atoms with Crippen LogP contribution in [0.25, 0.3) is 0 Å². The van der Waals surface area contributed by atoms with E-state index in [0.717, 1.165) is 55.8 Å². The maximum absolute atomic E-state index is 13.1. The lowest BCUT2D eigenvalue weighted by Gasteiger charge is -2.28. The Bertz CT molecular complexity index is 845. The van der Waals surface area contributed by atoms with Gasteiger partial charge in [0.05, 0.1) is 13.2 Å². The van der Waals surface area contributed by atoms with E-state index in [2.05, 4.69) is 0 Å². The summed E-state index contributed by atoms with van der Waals surface area (Å²) in [5, 5.41) is 0. The van der Waals surface area contributed by atoms with E-state index in [1.807, 2.05) is 58.3 Å². The van der Waals surface area contributed by atoms with E-state index in [4.69, 9.17) is 4.74 Å². The van der Waals surface area contributed by atoms with E-state index in [1.54, 1.807) is 7.11 Å². The highest BCUT2D eigenvalue weighted by molar-refractivity contribution is 5.97. The van der Waals surface area contributed by atoms with E-state index in [1.165, 1.54) is 0 Å². The van der Waals surface area contributed by atoms with Gasteiger partial charge in [0, 0.05) is 30.8 Å². The van der Waals surface area contributed by atoms with Gasteiger partial charge in [0.15, 0.2) is 0 Å². The topological polar surface area (TPSA) is 49.9 Å². The Balaban J connectivity index is 1.50. The second-order valence-electron chi connectivity index (χ2n) is 7.48. The molecule has 5 heteroatoms. The summed E-state index contributed by atoms with van der Waals surface area (Å²) in [4.78, 5) is 29.0. The fourth-order valence-electron chi connectivity index (χ4n) is 4.21. The number of piperidine rings is 1. The summed E-state index contributed by atoms with van der Waals surface area (Å²) in [5.41, 5.74) is 2.70. The quantitative estimate of drug-likeness (QED) is 0.802. The molecule has 2 amide bonds. The summed E-state index contributed by atoms with van der Waals surface area (Å²) in [5.74, 6) is 1.04. The minimum atomic E-state index is 0.0508. The molecule has 2 aromatic rings. The highest BCUT2D eigenvalue weighted by atomic mass is 16.5. The van der Waals surface area contributed by atoms with Crippen molar-refractivity contribution in [3.05, 3.63) is 59.7 Å². The van der Waals surface area contributed by atoms with Crippen LogP contribution in [0, 0.1) is 0 Å². The van der Waals surface area contributed by atoms with Crippen LogP contribution in [0.2, 0.25) is 0 Å². The Morgan fingerprint density at radius 2 is 1.71 bits per heavy atom. The molecule has 28 heavy (non-hydrogen) atoms. The molecule has 1 atom stereocenters. The van der Waals surface area contributed by atoms with Crippen LogP contribution in [0.1, 0.15) is 54.1 Å². The first-order chi connectivity index (χ1) is 13.7. The van der Waals surface area contributed by atoms with Gasteiger partial charge in [-0.3, -0.25) is 9.59 Å². The number of anilines is 1. The predicted molar refractivity (Wildman–Crippen MR) is 109 cm³/mol.